The Kier molecular flexibility index (Phi) is 5.58. The highest BCUT2D eigenvalue weighted by atomic mass is 19.4. The van der Waals surface area contributed by atoms with E-state index >= 15 is 0 Å². The summed E-state index contributed by atoms with van der Waals surface area (Å²) in [7, 11) is 0. The molecule has 0 radical (unpaired) electrons. The van der Waals surface area contributed by atoms with E-state index in [1.165, 1.54) is 30.3 Å². The van der Waals surface area contributed by atoms with Gasteiger partial charge in [0.15, 0.2) is 0 Å². The van der Waals surface area contributed by atoms with Gasteiger partial charge < -0.3 is 9.47 Å². The Bertz CT molecular complexity index is 1200. The zero-order chi connectivity index (χ0) is 21.7. The molecule has 30 heavy (non-hydrogen) atoms. The Morgan fingerprint density at radius 2 is 1.30 bits per heavy atom. The normalized spacial score (nSPS) is 10.4. The maximum atomic E-state index is 13.0. The van der Waals surface area contributed by atoms with Gasteiger partial charge >= 0.3 is 6.18 Å². The van der Waals surface area contributed by atoms with Crippen LogP contribution in [0.4, 0.5) is 13.2 Å². The third kappa shape index (κ3) is 4.67. The molecule has 0 N–H and O–H groups in total. The highest BCUT2D eigenvalue weighted by molar-refractivity contribution is 5.50. The fraction of sp³-hybridized carbons (Fsp3) is 0.0455. The van der Waals surface area contributed by atoms with Crippen molar-refractivity contribution in [3.63, 3.8) is 0 Å². The van der Waals surface area contributed by atoms with Crippen LogP contribution in [0.15, 0.2) is 60.7 Å². The molecule has 3 aromatic carbocycles. The van der Waals surface area contributed by atoms with Gasteiger partial charge in [-0.3, -0.25) is 0 Å². The molecule has 3 rings (SSSR count). The van der Waals surface area contributed by atoms with Crippen LogP contribution in [0.5, 0.6) is 23.0 Å². The molecule has 5 nitrogen and oxygen atoms in total. The molecule has 0 atom stereocenters. The van der Waals surface area contributed by atoms with E-state index in [9.17, 15) is 13.2 Å². The van der Waals surface area contributed by atoms with Crippen LogP contribution in [0.1, 0.15) is 22.3 Å². The number of benzene rings is 3. The number of hydrogen-bond acceptors (Lipinski definition) is 5. The summed E-state index contributed by atoms with van der Waals surface area (Å²) in [5, 5.41) is 27.2. The zero-order valence-corrected chi connectivity index (χ0v) is 15.1. The lowest BCUT2D eigenvalue weighted by Gasteiger charge is -2.13. The molecule has 0 aliphatic carbocycles. The molecule has 0 bridgehead atoms. The molecule has 0 fully saturated rings. The van der Waals surface area contributed by atoms with Gasteiger partial charge in [-0.1, -0.05) is 6.07 Å². The smallest absolute Gasteiger partial charge is 0.416 e. The molecule has 0 heterocycles. The number of ether oxygens (including phenoxy) is 2. The van der Waals surface area contributed by atoms with E-state index in [1.54, 1.807) is 18.2 Å². The Hall–Kier alpha value is -4.48. The number of rotatable bonds is 4. The SMILES string of the molecule is N#Cc1cc(C#N)cc(Oc2cccc(Oc3cc(C(F)(F)F)ccc3C#N)c2)c1. The maximum Gasteiger partial charge on any atom is 0.416 e. The number of nitrogens with zero attached hydrogens (tertiary/aromatic N) is 3. The lowest BCUT2D eigenvalue weighted by molar-refractivity contribution is -0.137. The van der Waals surface area contributed by atoms with E-state index in [0.29, 0.717) is 0 Å². The number of halogens is 3. The van der Waals surface area contributed by atoms with Crippen molar-refractivity contribution < 1.29 is 22.6 Å². The van der Waals surface area contributed by atoms with Gasteiger partial charge in [-0.2, -0.15) is 29.0 Å². The first kappa shape index (κ1) is 20.3. The molecule has 0 aliphatic heterocycles. The summed E-state index contributed by atoms with van der Waals surface area (Å²) in [4.78, 5) is 0. The molecule has 0 unspecified atom stereocenters. The second kappa shape index (κ2) is 8.26. The summed E-state index contributed by atoms with van der Waals surface area (Å²) in [6.45, 7) is 0. The summed E-state index contributed by atoms with van der Waals surface area (Å²) >= 11 is 0. The van der Waals surface area contributed by atoms with Gasteiger partial charge in [0.05, 0.1) is 34.4 Å². The van der Waals surface area contributed by atoms with Crippen LogP contribution in [0.3, 0.4) is 0 Å². The number of alkyl halides is 3. The lowest BCUT2D eigenvalue weighted by atomic mass is 10.1. The summed E-state index contributed by atoms with van der Waals surface area (Å²) in [6, 6.07) is 18.5. The predicted molar refractivity (Wildman–Crippen MR) is 98.6 cm³/mol. The quantitative estimate of drug-likeness (QED) is 0.539. The van der Waals surface area contributed by atoms with E-state index < -0.39 is 11.7 Å². The van der Waals surface area contributed by atoms with E-state index in [1.807, 2.05) is 12.1 Å². The van der Waals surface area contributed by atoms with Gasteiger partial charge in [0.2, 0.25) is 0 Å². The van der Waals surface area contributed by atoms with Crippen molar-refractivity contribution in [1.82, 2.24) is 0 Å². The summed E-state index contributed by atoms with van der Waals surface area (Å²) < 4.78 is 50.1. The van der Waals surface area contributed by atoms with Gasteiger partial charge in [0.25, 0.3) is 0 Å². The first-order chi connectivity index (χ1) is 14.3. The Balaban J connectivity index is 1.90. The van der Waals surface area contributed by atoms with Gasteiger partial charge in [0, 0.05) is 6.07 Å². The summed E-state index contributed by atoms with van der Waals surface area (Å²) in [5.41, 5.74) is -0.533. The third-order valence-corrected chi connectivity index (χ3v) is 3.86. The zero-order valence-electron chi connectivity index (χ0n) is 15.1. The topological polar surface area (TPSA) is 89.8 Å². The standard InChI is InChI=1S/C22H10F3N3O2/c23-22(24,25)17-5-4-16(13-28)21(9-17)30-19-3-1-2-18(10-19)29-20-7-14(11-26)6-15(8-20)12-27/h1-10H. The fourth-order valence-corrected chi connectivity index (χ4v) is 2.53. The number of nitriles is 3. The van der Waals surface area contributed by atoms with Crippen molar-refractivity contribution in [3.05, 3.63) is 82.9 Å². The monoisotopic (exact) mass is 405 g/mol. The molecular formula is C22H10F3N3O2. The molecule has 0 amide bonds. The van der Waals surface area contributed by atoms with Crippen molar-refractivity contribution in [2.45, 2.75) is 6.18 Å². The summed E-state index contributed by atoms with van der Waals surface area (Å²) in [6.07, 6.45) is -4.58. The summed E-state index contributed by atoms with van der Waals surface area (Å²) in [5.74, 6) is 0.388. The van der Waals surface area contributed by atoms with Crippen molar-refractivity contribution in [2.24, 2.45) is 0 Å². The van der Waals surface area contributed by atoms with Crippen LogP contribution in [-0.2, 0) is 6.18 Å². The van der Waals surface area contributed by atoms with Crippen LogP contribution in [0, 0.1) is 34.0 Å². The van der Waals surface area contributed by atoms with E-state index in [2.05, 4.69) is 0 Å². The maximum absolute atomic E-state index is 13.0. The molecule has 0 aromatic heterocycles. The molecule has 3 aromatic rings. The van der Waals surface area contributed by atoms with Gasteiger partial charge in [-0.15, -0.1) is 0 Å². The van der Waals surface area contributed by atoms with Crippen LogP contribution < -0.4 is 9.47 Å². The van der Waals surface area contributed by atoms with Crippen molar-refractivity contribution in [1.29, 1.82) is 15.8 Å². The predicted octanol–water partition coefficient (Wildman–Crippen LogP) is 5.91. The second-order valence-electron chi connectivity index (χ2n) is 5.97. The van der Waals surface area contributed by atoms with Crippen LogP contribution in [-0.4, -0.2) is 0 Å². The molecular weight excluding hydrogens is 395 g/mol. The van der Waals surface area contributed by atoms with Crippen molar-refractivity contribution in [2.75, 3.05) is 0 Å². The first-order valence-corrected chi connectivity index (χ1v) is 8.35. The van der Waals surface area contributed by atoms with E-state index in [0.717, 1.165) is 18.2 Å². The molecule has 0 spiro atoms. The minimum atomic E-state index is -4.58. The minimum absolute atomic E-state index is 0.0605. The first-order valence-electron chi connectivity index (χ1n) is 8.35. The Morgan fingerprint density at radius 3 is 1.87 bits per heavy atom. The van der Waals surface area contributed by atoms with E-state index in [-0.39, 0.29) is 39.7 Å². The average Bonchev–Trinajstić information content (AvgIpc) is 2.73. The molecule has 8 heteroatoms. The minimum Gasteiger partial charge on any atom is -0.457 e. The van der Waals surface area contributed by atoms with Crippen LogP contribution >= 0.6 is 0 Å². The van der Waals surface area contributed by atoms with Gasteiger partial charge in [-0.05, 0) is 48.5 Å². The molecule has 146 valence electrons. The lowest BCUT2D eigenvalue weighted by Crippen LogP contribution is -2.05. The second-order valence-corrected chi connectivity index (χ2v) is 5.97. The van der Waals surface area contributed by atoms with Crippen molar-refractivity contribution in [3.8, 4) is 41.2 Å². The van der Waals surface area contributed by atoms with E-state index in [4.69, 9.17) is 25.3 Å². The van der Waals surface area contributed by atoms with Gasteiger partial charge in [0.1, 0.15) is 29.1 Å². The van der Waals surface area contributed by atoms with Crippen LogP contribution in [0.25, 0.3) is 0 Å². The fourth-order valence-electron chi connectivity index (χ4n) is 2.53. The average molecular weight is 405 g/mol. The number of hydrogen-bond donors (Lipinski definition) is 0. The third-order valence-electron chi connectivity index (χ3n) is 3.86. The van der Waals surface area contributed by atoms with Crippen LogP contribution in [0.2, 0.25) is 0 Å². The highest BCUT2D eigenvalue weighted by Crippen LogP contribution is 2.35. The largest absolute Gasteiger partial charge is 0.457 e. The Morgan fingerprint density at radius 1 is 0.667 bits per heavy atom. The van der Waals surface area contributed by atoms with Crippen molar-refractivity contribution >= 4 is 0 Å². The highest BCUT2D eigenvalue weighted by Gasteiger charge is 2.31. The molecule has 0 saturated heterocycles. The van der Waals surface area contributed by atoms with Gasteiger partial charge in [-0.25, -0.2) is 0 Å². The molecule has 0 aliphatic rings. The Labute approximate surface area is 169 Å². The molecule has 0 saturated carbocycles.